The zero-order valence-corrected chi connectivity index (χ0v) is 9.53. The lowest BCUT2D eigenvalue weighted by Crippen LogP contribution is -2.00. The van der Waals surface area contributed by atoms with Gasteiger partial charge in [-0.3, -0.25) is 0 Å². The number of anilines is 1. The number of aromatic nitrogens is 2. The second-order valence-corrected chi connectivity index (χ2v) is 4.00. The number of thioether (sulfide) groups is 1. The lowest BCUT2D eigenvalue weighted by molar-refractivity contribution is 0.878. The van der Waals surface area contributed by atoms with Gasteiger partial charge in [0.25, 0.3) is 0 Å². The molecule has 0 bridgehead atoms. The highest BCUT2D eigenvalue weighted by Crippen LogP contribution is 2.25. The van der Waals surface area contributed by atoms with Crippen LogP contribution in [0.3, 0.4) is 0 Å². The van der Waals surface area contributed by atoms with Crippen molar-refractivity contribution in [3.63, 3.8) is 0 Å². The molecular weight excluding hydrogens is 220 g/mol. The fourth-order valence-electron chi connectivity index (χ4n) is 1.47. The van der Waals surface area contributed by atoms with Gasteiger partial charge >= 0.3 is 0 Å². The van der Waals surface area contributed by atoms with Gasteiger partial charge in [0.15, 0.2) is 0 Å². The molecule has 4 nitrogen and oxygen atoms in total. The fraction of sp³-hybridized carbons (Fsp3) is 0.0909. The van der Waals surface area contributed by atoms with E-state index < -0.39 is 0 Å². The largest absolute Gasteiger partial charge is 0.382 e. The lowest BCUT2D eigenvalue weighted by Gasteiger charge is -2.06. The van der Waals surface area contributed by atoms with Crippen LogP contribution in [0.15, 0.2) is 35.4 Å². The van der Waals surface area contributed by atoms with Gasteiger partial charge in [-0.1, -0.05) is 6.07 Å². The van der Waals surface area contributed by atoms with E-state index in [-0.39, 0.29) is 0 Å². The summed E-state index contributed by atoms with van der Waals surface area (Å²) in [4.78, 5) is 0.939. The highest BCUT2D eigenvalue weighted by molar-refractivity contribution is 7.98. The number of nitrogens with zero attached hydrogens (tertiary/aromatic N) is 3. The SMILES string of the molecule is CSc1cccc(-n2ccc(N)n2)c1C#N. The zero-order valence-electron chi connectivity index (χ0n) is 8.71. The molecule has 1 heterocycles. The number of benzene rings is 1. The van der Waals surface area contributed by atoms with Crippen LogP contribution in [0.25, 0.3) is 5.69 Å². The van der Waals surface area contributed by atoms with Crippen molar-refractivity contribution >= 4 is 17.6 Å². The Labute approximate surface area is 97.7 Å². The Hall–Kier alpha value is -1.93. The third kappa shape index (κ3) is 1.75. The van der Waals surface area contributed by atoms with Crippen molar-refractivity contribution in [2.75, 3.05) is 12.0 Å². The van der Waals surface area contributed by atoms with Gasteiger partial charge in [0, 0.05) is 17.2 Å². The van der Waals surface area contributed by atoms with Crippen LogP contribution in [0, 0.1) is 11.3 Å². The molecular formula is C11H10N4S. The molecule has 0 amide bonds. The highest BCUT2D eigenvalue weighted by atomic mass is 32.2. The van der Waals surface area contributed by atoms with Crippen LogP contribution in [0.2, 0.25) is 0 Å². The Kier molecular flexibility index (Phi) is 2.84. The van der Waals surface area contributed by atoms with Crippen LogP contribution >= 0.6 is 11.8 Å². The minimum atomic E-state index is 0.443. The van der Waals surface area contributed by atoms with Crippen molar-refractivity contribution in [2.24, 2.45) is 0 Å². The molecule has 2 rings (SSSR count). The molecule has 0 aliphatic heterocycles. The molecule has 0 unspecified atom stereocenters. The van der Waals surface area contributed by atoms with Crippen molar-refractivity contribution in [1.82, 2.24) is 9.78 Å². The maximum Gasteiger partial charge on any atom is 0.145 e. The van der Waals surface area contributed by atoms with Crippen LogP contribution in [0.4, 0.5) is 5.82 Å². The average molecular weight is 230 g/mol. The number of nitriles is 1. The molecule has 0 saturated carbocycles. The molecule has 80 valence electrons. The number of hydrogen-bond acceptors (Lipinski definition) is 4. The number of nitrogens with two attached hydrogens (primary N) is 1. The van der Waals surface area contributed by atoms with E-state index >= 15 is 0 Å². The first-order valence-electron chi connectivity index (χ1n) is 4.65. The standard InChI is InChI=1S/C11H10N4S/c1-16-10-4-2-3-9(8(10)7-12)15-6-5-11(13)14-15/h2-6H,1H3,(H2,13,14). The van der Waals surface area contributed by atoms with Crippen molar-refractivity contribution in [3.05, 3.63) is 36.0 Å². The van der Waals surface area contributed by atoms with Crippen LogP contribution in [0.1, 0.15) is 5.56 Å². The van der Waals surface area contributed by atoms with Gasteiger partial charge in [0.05, 0.1) is 11.3 Å². The first-order chi connectivity index (χ1) is 7.76. The first kappa shape index (κ1) is 10.6. The Morgan fingerprint density at radius 2 is 2.25 bits per heavy atom. The Morgan fingerprint density at radius 3 is 2.81 bits per heavy atom. The highest BCUT2D eigenvalue weighted by Gasteiger charge is 2.09. The first-order valence-corrected chi connectivity index (χ1v) is 5.87. The minimum Gasteiger partial charge on any atom is -0.382 e. The van der Waals surface area contributed by atoms with E-state index in [9.17, 15) is 0 Å². The topological polar surface area (TPSA) is 67.6 Å². The van der Waals surface area contributed by atoms with Crippen molar-refractivity contribution in [2.45, 2.75) is 4.90 Å². The number of rotatable bonds is 2. The summed E-state index contributed by atoms with van der Waals surface area (Å²) < 4.78 is 1.62. The van der Waals surface area contributed by atoms with E-state index in [2.05, 4.69) is 11.2 Å². The predicted molar refractivity (Wildman–Crippen MR) is 64.5 cm³/mol. The molecule has 2 aromatic rings. The smallest absolute Gasteiger partial charge is 0.145 e. The van der Waals surface area contributed by atoms with Crippen LogP contribution in [-0.2, 0) is 0 Å². The van der Waals surface area contributed by atoms with Gasteiger partial charge < -0.3 is 5.73 Å². The maximum atomic E-state index is 9.16. The van der Waals surface area contributed by atoms with E-state index in [4.69, 9.17) is 11.0 Å². The van der Waals surface area contributed by atoms with E-state index in [0.717, 1.165) is 10.6 Å². The Morgan fingerprint density at radius 1 is 1.44 bits per heavy atom. The van der Waals surface area contributed by atoms with Crippen molar-refractivity contribution in [1.29, 1.82) is 5.26 Å². The summed E-state index contributed by atoms with van der Waals surface area (Å²) in [5.41, 5.74) is 6.94. The second kappa shape index (κ2) is 4.29. The third-order valence-corrected chi connectivity index (χ3v) is 2.97. The molecule has 0 aliphatic carbocycles. The fourth-order valence-corrected chi connectivity index (χ4v) is 2.03. The second-order valence-electron chi connectivity index (χ2n) is 3.15. The number of hydrogen-bond donors (Lipinski definition) is 1. The molecule has 5 heteroatoms. The Bertz CT molecular complexity index is 553. The average Bonchev–Trinajstić information content (AvgIpc) is 2.74. The van der Waals surface area contributed by atoms with Gasteiger partial charge in [0.2, 0.25) is 0 Å². The summed E-state index contributed by atoms with van der Waals surface area (Å²) in [5.74, 6) is 0.443. The summed E-state index contributed by atoms with van der Waals surface area (Å²) in [7, 11) is 0. The van der Waals surface area contributed by atoms with Gasteiger partial charge in [-0.2, -0.15) is 10.4 Å². The van der Waals surface area contributed by atoms with Crippen LogP contribution in [0.5, 0.6) is 0 Å². The summed E-state index contributed by atoms with van der Waals surface area (Å²) in [5, 5.41) is 13.3. The lowest BCUT2D eigenvalue weighted by atomic mass is 10.2. The summed E-state index contributed by atoms with van der Waals surface area (Å²) in [6, 6.07) is 9.57. The molecule has 1 aromatic carbocycles. The minimum absolute atomic E-state index is 0.443. The molecule has 0 spiro atoms. The van der Waals surface area contributed by atoms with Crippen molar-refractivity contribution in [3.8, 4) is 11.8 Å². The summed E-state index contributed by atoms with van der Waals surface area (Å²) in [6.45, 7) is 0. The molecule has 1 aromatic heterocycles. The molecule has 0 radical (unpaired) electrons. The molecule has 0 atom stereocenters. The molecule has 0 fully saturated rings. The molecule has 2 N–H and O–H groups in total. The van der Waals surface area contributed by atoms with Crippen LogP contribution in [-0.4, -0.2) is 16.0 Å². The number of nitrogen functional groups attached to an aromatic ring is 1. The summed E-state index contributed by atoms with van der Waals surface area (Å²) >= 11 is 1.54. The molecule has 0 saturated heterocycles. The normalized spacial score (nSPS) is 10.0. The summed E-state index contributed by atoms with van der Waals surface area (Å²) in [6.07, 6.45) is 3.69. The predicted octanol–water partition coefficient (Wildman–Crippen LogP) is 2.05. The monoisotopic (exact) mass is 230 g/mol. The van der Waals surface area contributed by atoms with Gasteiger partial charge in [-0.15, -0.1) is 11.8 Å². The quantitative estimate of drug-likeness (QED) is 0.802. The van der Waals surface area contributed by atoms with Gasteiger partial charge in [-0.25, -0.2) is 4.68 Å². The Balaban J connectivity index is 2.61. The van der Waals surface area contributed by atoms with Crippen LogP contribution < -0.4 is 5.73 Å². The van der Waals surface area contributed by atoms with Crippen molar-refractivity contribution < 1.29 is 0 Å². The zero-order chi connectivity index (χ0) is 11.5. The van der Waals surface area contributed by atoms with E-state index in [1.165, 1.54) is 0 Å². The van der Waals surface area contributed by atoms with E-state index in [1.54, 1.807) is 28.7 Å². The third-order valence-electron chi connectivity index (χ3n) is 2.19. The van der Waals surface area contributed by atoms with E-state index in [0.29, 0.717) is 11.4 Å². The van der Waals surface area contributed by atoms with E-state index in [1.807, 2.05) is 24.5 Å². The van der Waals surface area contributed by atoms with Gasteiger partial charge in [-0.05, 0) is 18.4 Å². The maximum absolute atomic E-state index is 9.16. The molecule has 16 heavy (non-hydrogen) atoms. The molecule has 0 aliphatic rings. The van der Waals surface area contributed by atoms with Gasteiger partial charge in [0.1, 0.15) is 11.9 Å².